The smallest absolute Gasteiger partial charge is 0.122 e. The molecule has 4 N–H and O–H groups in total. The lowest BCUT2D eigenvalue weighted by Gasteiger charge is -2.05. The Morgan fingerprint density at radius 1 is 1.29 bits per heavy atom. The van der Waals surface area contributed by atoms with E-state index >= 15 is 0 Å². The van der Waals surface area contributed by atoms with E-state index in [0.29, 0.717) is 0 Å². The van der Waals surface area contributed by atoms with Gasteiger partial charge in [-0.15, -0.1) is 0 Å². The lowest BCUT2D eigenvalue weighted by Crippen LogP contribution is -2.06. The molecule has 0 bridgehead atoms. The Bertz CT molecular complexity index is 374. The monoisotopic (exact) mass is 193 g/mol. The van der Waals surface area contributed by atoms with Gasteiger partial charge in [-0.3, -0.25) is 0 Å². The maximum Gasteiger partial charge on any atom is 0.122 e. The molecule has 2 rings (SSSR count). The standard InChI is InChI=1S/C11H15NO2/c1-11(2)9(10(11)12)7-4-3-6(13)5-8(7)14/h3-5,9-10,13-14H,12H2,1-2H3/t9-,10-/m1/s1. The van der Waals surface area contributed by atoms with E-state index < -0.39 is 0 Å². The summed E-state index contributed by atoms with van der Waals surface area (Å²) in [6.45, 7) is 4.16. The van der Waals surface area contributed by atoms with E-state index in [1.165, 1.54) is 6.07 Å². The summed E-state index contributed by atoms with van der Waals surface area (Å²) in [5.41, 5.74) is 6.79. The van der Waals surface area contributed by atoms with Crippen molar-refractivity contribution in [2.75, 3.05) is 0 Å². The van der Waals surface area contributed by atoms with Crippen LogP contribution in [0.4, 0.5) is 0 Å². The highest BCUT2D eigenvalue weighted by Crippen LogP contribution is 2.59. The number of phenolic OH excluding ortho intramolecular Hbond substituents is 2. The van der Waals surface area contributed by atoms with E-state index in [4.69, 9.17) is 10.8 Å². The largest absolute Gasteiger partial charge is 0.508 e. The molecule has 0 spiro atoms. The zero-order valence-electron chi connectivity index (χ0n) is 8.36. The van der Waals surface area contributed by atoms with Crippen LogP contribution in [0.2, 0.25) is 0 Å². The Hall–Kier alpha value is -1.22. The fraction of sp³-hybridized carbons (Fsp3) is 0.455. The molecule has 1 aliphatic rings. The van der Waals surface area contributed by atoms with Gasteiger partial charge in [0, 0.05) is 18.0 Å². The van der Waals surface area contributed by atoms with Gasteiger partial charge in [0.25, 0.3) is 0 Å². The predicted molar refractivity (Wildman–Crippen MR) is 54.3 cm³/mol. The van der Waals surface area contributed by atoms with Gasteiger partial charge in [0.05, 0.1) is 0 Å². The third-order valence-corrected chi connectivity index (χ3v) is 3.26. The summed E-state index contributed by atoms with van der Waals surface area (Å²) < 4.78 is 0. The number of phenols is 2. The van der Waals surface area contributed by atoms with Crippen LogP contribution in [0.15, 0.2) is 18.2 Å². The highest BCUT2D eigenvalue weighted by Gasteiger charge is 2.56. The minimum absolute atomic E-state index is 0.0501. The number of rotatable bonds is 1. The molecular formula is C11H15NO2. The summed E-state index contributed by atoms with van der Waals surface area (Å²) in [5.74, 6) is 0.414. The molecule has 14 heavy (non-hydrogen) atoms. The van der Waals surface area contributed by atoms with E-state index in [1.807, 2.05) is 0 Å². The average molecular weight is 193 g/mol. The zero-order valence-corrected chi connectivity index (χ0v) is 8.36. The summed E-state index contributed by atoms with van der Waals surface area (Å²) in [5, 5.41) is 18.8. The molecule has 76 valence electrons. The quantitative estimate of drug-likeness (QED) is 0.634. The average Bonchev–Trinajstić information content (AvgIpc) is 2.54. The fourth-order valence-electron chi connectivity index (χ4n) is 2.07. The van der Waals surface area contributed by atoms with Gasteiger partial charge in [-0.05, 0) is 17.0 Å². The molecule has 3 heteroatoms. The van der Waals surface area contributed by atoms with Gasteiger partial charge < -0.3 is 15.9 Å². The second-order valence-corrected chi connectivity index (χ2v) is 4.57. The maximum atomic E-state index is 9.64. The van der Waals surface area contributed by atoms with Crippen LogP contribution < -0.4 is 5.73 Å². The van der Waals surface area contributed by atoms with E-state index in [9.17, 15) is 5.11 Å². The Labute approximate surface area is 83.2 Å². The molecule has 3 nitrogen and oxygen atoms in total. The van der Waals surface area contributed by atoms with Crippen molar-refractivity contribution in [2.45, 2.75) is 25.8 Å². The van der Waals surface area contributed by atoms with E-state index in [1.54, 1.807) is 12.1 Å². The SMILES string of the molecule is CC1(C)[C@H](N)[C@H]1c1ccc(O)cc1O. The second-order valence-electron chi connectivity index (χ2n) is 4.57. The van der Waals surface area contributed by atoms with E-state index in [-0.39, 0.29) is 28.9 Å². The molecule has 0 unspecified atom stereocenters. The topological polar surface area (TPSA) is 66.5 Å². The molecule has 1 aromatic carbocycles. The van der Waals surface area contributed by atoms with Gasteiger partial charge in [0.1, 0.15) is 11.5 Å². The lowest BCUT2D eigenvalue weighted by molar-refractivity contribution is 0.443. The van der Waals surface area contributed by atoms with Gasteiger partial charge in [-0.1, -0.05) is 19.9 Å². The van der Waals surface area contributed by atoms with Crippen LogP contribution in [0, 0.1) is 5.41 Å². The number of hydrogen-bond donors (Lipinski definition) is 3. The first-order valence-electron chi connectivity index (χ1n) is 4.72. The van der Waals surface area contributed by atoms with Crippen molar-refractivity contribution in [3.63, 3.8) is 0 Å². The first-order chi connectivity index (χ1) is 6.44. The van der Waals surface area contributed by atoms with Crippen molar-refractivity contribution >= 4 is 0 Å². The summed E-state index contributed by atoms with van der Waals surface area (Å²) >= 11 is 0. The molecule has 2 atom stereocenters. The first kappa shape index (κ1) is 9.34. The summed E-state index contributed by atoms with van der Waals surface area (Å²) in [4.78, 5) is 0. The fourth-order valence-corrected chi connectivity index (χ4v) is 2.07. The van der Waals surface area contributed by atoms with Crippen LogP contribution in [-0.2, 0) is 0 Å². The summed E-state index contributed by atoms with van der Waals surface area (Å²) in [7, 11) is 0. The van der Waals surface area contributed by atoms with Crippen molar-refractivity contribution in [1.29, 1.82) is 0 Å². The zero-order chi connectivity index (χ0) is 10.5. The van der Waals surface area contributed by atoms with Crippen molar-refractivity contribution < 1.29 is 10.2 Å². The van der Waals surface area contributed by atoms with Gasteiger partial charge >= 0.3 is 0 Å². The van der Waals surface area contributed by atoms with Gasteiger partial charge in [-0.25, -0.2) is 0 Å². The Morgan fingerprint density at radius 2 is 1.86 bits per heavy atom. The number of benzene rings is 1. The third kappa shape index (κ3) is 1.16. The van der Waals surface area contributed by atoms with Crippen LogP contribution >= 0.6 is 0 Å². The molecule has 0 aromatic heterocycles. The second kappa shape index (κ2) is 2.64. The molecular weight excluding hydrogens is 178 g/mol. The third-order valence-electron chi connectivity index (χ3n) is 3.26. The molecule has 1 saturated carbocycles. The summed E-state index contributed by atoms with van der Waals surface area (Å²) in [6, 6.07) is 4.77. The minimum atomic E-state index is 0.0501. The summed E-state index contributed by atoms with van der Waals surface area (Å²) in [6.07, 6.45) is 0. The molecule has 0 heterocycles. The molecule has 1 fully saturated rings. The molecule has 0 aliphatic heterocycles. The first-order valence-corrected chi connectivity index (χ1v) is 4.72. The van der Waals surface area contributed by atoms with Gasteiger partial charge in [0.2, 0.25) is 0 Å². The molecule has 1 aromatic rings. The maximum absolute atomic E-state index is 9.64. The van der Waals surface area contributed by atoms with Crippen LogP contribution in [-0.4, -0.2) is 16.3 Å². The van der Waals surface area contributed by atoms with Crippen LogP contribution in [0.25, 0.3) is 0 Å². The molecule has 1 aliphatic carbocycles. The highest BCUT2D eigenvalue weighted by atomic mass is 16.3. The van der Waals surface area contributed by atoms with Gasteiger partial charge in [-0.2, -0.15) is 0 Å². The number of aromatic hydroxyl groups is 2. The van der Waals surface area contributed by atoms with Crippen molar-refractivity contribution in [2.24, 2.45) is 11.1 Å². The van der Waals surface area contributed by atoms with Crippen LogP contribution in [0.3, 0.4) is 0 Å². The van der Waals surface area contributed by atoms with Crippen molar-refractivity contribution in [1.82, 2.24) is 0 Å². The molecule has 0 saturated heterocycles. The van der Waals surface area contributed by atoms with Crippen molar-refractivity contribution in [3.05, 3.63) is 23.8 Å². The highest BCUT2D eigenvalue weighted by molar-refractivity contribution is 5.46. The van der Waals surface area contributed by atoms with Crippen LogP contribution in [0.5, 0.6) is 11.5 Å². The predicted octanol–water partition coefficient (Wildman–Crippen LogP) is 1.55. The van der Waals surface area contributed by atoms with E-state index in [2.05, 4.69) is 13.8 Å². The Kier molecular flexibility index (Phi) is 1.76. The Balaban J connectivity index is 2.36. The number of hydrogen-bond acceptors (Lipinski definition) is 3. The van der Waals surface area contributed by atoms with E-state index in [0.717, 1.165) is 5.56 Å². The van der Waals surface area contributed by atoms with Crippen LogP contribution in [0.1, 0.15) is 25.3 Å². The Morgan fingerprint density at radius 3 is 2.29 bits per heavy atom. The number of nitrogens with two attached hydrogens (primary N) is 1. The lowest BCUT2D eigenvalue weighted by atomic mass is 10.0. The van der Waals surface area contributed by atoms with Gasteiger partial charge in [0.15, 0.2) is 0 Å². The van der Waals surface area contributed by atoms with Crippen molar-refractivity contribution in [3.8, 4) is 11.5 Å². The molecule has 0 amide bonds. The minimum Gasteiger partial charge on any atom is -0.508 e. The normalized spacial score (nSPS) is 28.8. The molecule has 0 radical (unpaired) electrons.